The number of halogens is 2. The van der Waals surface area contributed by atoms with Crippen LogP contribution in [0, 0.1) is 13.8 Å². The van der Waals surface area contributed by atoms with Crippen LogP contribution in [-0.2, 0) is 32.6 Å². The van der Waals surface area contributed by atoms with E-state index in [1.807, 2.05) is 44.2 Å². The summed E-state index contributed by atoms with van der Waals surface area (Å²) in [6.45, 7) is 5.45. The number of hydrogen-bond acceptors (Lipinski definition) is 4. The van der Waals surface area contributed by atoms with Crippen LogP contribution in [0.25, 0.3) is 0 Å². The molecule has 0 bridgehead atoms. The van der Waals surface area contributed by atoms with Crippen molar-refractivity contribution >= 4 is 50.7 Å². The molecule has 2 amide bonds. The van der Waals surface area contributed by atoms with E-state index < -0.39 is 28.5 Å². The second kappa shape index (κ2) is 15.4. The molecule has 0 saturated heterocycles. The van der Waals surface area contributed by atoms with Gasteiger partial charge in [-0.1, -0.05) is 96.4 Å². The van der Waals surface area contributed by atoms with Gasteiger partial charge in [0.2, 0.25) is 11.8 Å². The fraction of sp³-hybridized carbons (Fsp3) is 0.257. The minimum Gasteiger partial charge on any atom is -0.354 e. The molecule has 7 nitrogen and oxygen atoms in total. The Morgan fingerprint density at radius 1 is 0.822 bits per heavy atom. The van der Waals surface area contributed by atoms with E-state index in [0.29, 0.717) is 28.6 Å². The van der Waals surface area contributed by atoms with Gasteiger partial charge < -0.3 is 10.2 Å². The third kappa shape index (κ3) is 8.66. The van der Waals surface area contributed by atoms with Crippen LogP contribution in [0.3, 0.4) is 0 Å². The number of aryl methyl sites for hydroxylation is 1. The van der Waals surface area contributed by atoms with Gasteiger partial charge in [0.1, 0.15) is 12.6 Å². The number of nitrogens with one attached hydrogen (secondary N) is 1. The van der Waals surface area contributed by atoms with Gasteiger partial charge in [-0.3, -0.25) is 13.9 Å². The van der Waals surface area contributed by atoms with Gasteiger partial charge >= 0.3 is 0 Å². The zero-order chi connectivity index (χ0) is 32.6. The Bertz CT molecular complexity index is 1710. The second-order valence-electron chi connectivity index (χ2n) is 10.9. The molecule has 0 aromatic heterocycles. The largest absolute Gasteiger partial charge is 0.354 e. The molecule has 0 saturated carbocycles. The number of hydrogen-bond donors (Lipinski definition) is 1. The normalized spacial score (nSPS) is 11.9. The molecule has 4 aromatic rings. The van der Waals surface area contributed by atoms with Crippen LogP contribution in [0.4, 0.5) is 5.69 Å². The molecule has 10 heteroatoms. The number of carbonyl (C=O) groups is 2. The Kier molecular flexibility index (Phi) is 11.7. The molecule has 0 radical (unpaired) electrons. The van der Waals surface area contributed by atoms with Crippen molar-refractivity contribution in [2.45, 2.75) is 51.1 Å². The molecule has 0 aliphatic carbocycles. The first-order valence-electron chi connectivity index (χ1n) is 14.7. The molecule has 0 aliphatic rings. The quantitative estimate of drug-likeness (QED) is 0.167. The Morgan fingerprint density at radius 2 is 1.49 bits per heavy atom. The van der Waals surface area contributed by atoms with E-state index in [0.717, 1.165) is 21.0 Å². The minimum atomic E-state index is -4.23. The summed E-state index contributed by atoms with van der Waals surface area (Å²) in [5.41, 5.74) is 3.27. The van der Waals surface area contributed by atoms with Crippen molar-refractivity contribution in [2.24, 2.45) is 0 Å². The summed E-state index contributed by atoms with van der Waals surface area (Å²) in [4.78, 5) is 29.7. The van der Waals surface area contributed by atoms with E-state index in [1.165, 1.54) is 17.0 Å². The lowest BCUT2D eigenvalue weighted by atomic mass is 10.0. The van der Waals surface area contributed by atoms with Crippen LogP contribution < -0.4 is 9.62 Å². The smallest absolute Gasteiger partial charge is 0.264 e. The molecule has 236 valence electrons. The zero-order valence-corrected chi connectivity index (χ0v) is 27.9. The number of nitrogens with zero attached hydrogens (tertiary/aromatic N) is 2. The molecule has 45 heavy (non-hydrogen) atoms. The van der Waals surface area contributed by atoms with Crippen LogP contribution in [-0.4, -0.2) is 44.3 Å². The SMILES string of the molecule is CCCNC(=O)[C@@H](Cc1ccccc1)N(Cc1ccc(Cl)cc1)C(=O)CN(c1cccc(Cl)c1C)S(=O)(=O)c1ccc(C)cc1. The van der Waals surface area contributed by atoms with Gasteiger partial charge in [-0.05, 0) is 73.4 Å². The lowest BCUT2D eigenvalue weighted by Gasteiger charge is -2.34. The second-order valence-corrected chi connectivity index (χ2v) is 13.6. The van der Waals surface area contributed by atoms with Crippen molar-refractivity contribution in [1.29, 1.82) is 0 Å². The third-order valence-electron chi connectivity index (χ3n) is 7.48. The topological polar surface area (TPSA) is 86.8 Å². The molecule has 0 fully saturated rings. The van der Waals surface area contributed by atoms with E-state index >= 15 is 0 Å². The first-order chi connectivity index (χ1) is 21.5. The molecule has 0 unspecified atom stereocenters. The molecule has 0 aliphatic heterocycles. The number of rotatable bonds is 13. The predicted molar refractivity (Wildman–Crippen MR) is 181 cm³/mol. The van der Waals surface area contributed by atoms with E-state index in [-0.39, 0.29) is 29.5 Å². The van der Waals surface area contributed by atoms with E-state index in [9.17, 15) is 18.0 Å². The zero-order valence-electron chi connectivity index (χ0n) is 25.5. The molecule has 4 aromatic carbocycles. The average Bonchev–Trinajstić information content (AvgIpc) is 3.03. The third-order valence-corrected chi connectivity index (χ3v) is 9.92. The number of sulfonamides is 1. The minimum absolute atomic E-state index is 0.0334. The van der Waals surface area contributed by atoms with Crippen LogP contribution in [0.5, 0.6) is 0 Å². The summed E-state index contributed by atoms with van der Waals surface area (Å²) in [7, 11) is -4.23. The van der Waals surface area contributed by atoms with Crippen molar-refractivity contribution in [2.75, 3.05) is 17.4 Å². The number of anilines is 1. The highest BCUT2D eigenvalue weighted by atomic mass is 35.5. The van der Waals surface area contributed by atoms with Crippen molar-refractivity contribution in [3.63, 3.8) is 0 Å². The van der Waals surface area contributed by atoms with Crippen LogP contribution in [0.2, 0.25) is 10.0 Å². The Labute approximate surface area is 275 Å². The maximum absolute atomic E-state index is 14.5. The van der Waals surface area contributed by atoms with Gasteiger partial charge in [0.15, 0.2) is 0 Å². The summed E-state index contributed by atoms with van der Waals surface area (Å²) in [5, 5.41) is 3.84. The monoisotopic (exact) mass is 665 g/mol. The molecule has 1 N–H and O–H groups in total. The maximum Gasteiger partial charge on any atom is 0.264 e. The highest BCUT2D eigenvalue weighted by Crippen LogP contribution is 2.31. The van der Waals surface area contributed by atoms with Crippen molar-refractivity contribution < 1.29 is 18.0 Å². The van der Waals surface area contributed by atoms with Gasteiger partial charge in [0, 0.05) is 29.6 Å². The van der Waals surface area contributed by atoms with Crippen LogP contribution in [0.15, 0.2) is 102 Å². The Balaban J connectivity index is 1.82. The van der Waals surface area contributed by atoms with Crippen LogP contribution >= 0.6 is 23.2 Å². The van der Waals surface area contributed by atoms with Crippen molar-refractivity contribution in [3.05, 3.63) is 129 Å². The van der Waals surface area contributed by atoms with Gasteiger partial charge in [-0.25, -0.2) is 8.42 Å². The number of benzene rings is 4. The summed E-state index contributed by atoms with van der Waals surface area (Å²) in [6.07, 6.45) is 0.947. The summed E-state index contributed by atoms with van der Waals surface area (Å²) in [5.74, 6) is -0.873. The van der Waals surface area contributed by atoms with E-state index in [4.69, 9.17) is 23.2 Å². The van der Waals surface area contributed by atoms with Gasteiger partial charge in [-0.2, -0.15) is 0 Å². The van der Waals surface area contributed by atoms with Crippen molar-refractivity contribution in [3.8, 4) is 0 Å². The maximum atomic E-state index is 14.5. The molecule has 0 heterocycles. The number of carbonyl (C=O) groups excluding carboxylic acids is 2. The predicted octanol–water partition coefficient (Wildman–Crippen LogP) is 6.97. The van der Waals surface area contributed by atoms with Crippen LogP contribution in [0.1, 0.15) is 35.6 Å². The first kappa shape index (κ1) is 34.0. The van der Waals surface area contributed by atoms with Gasteiger partial charge in [0.25, 0.3) is 10.0 Å². The van der Waals surface area contributed by atoms with Crippen molar-refractivity contribution in [1.82, 2.24) is 10.2 Å². The average molecular weight is 667 g/mol. The lowest BCUT2D eigenvalue weighted by Crippen LogP contribution is -2.53. The highest BCUT2D eigenvalue weighted by Gasteiger charge is 2.35. The summed E-state index contributed by atoms with van der Waals surface area (Å²) in [6, 6.07) is 26.9. The summed E-state index contributed by atoms with van der Waals surface area (Å²) < 4.78 is 29.5. The molecule has 1 atom stereocenters. The van der Waals surface area contributed by atoms with Gasteiger partial charge in [-0.15, -0.1) is 0 Å². The standard InChI is InChI=1S/C35H37Cl2N3O4S/c1-4-21-38-35(42)33(22-27-9-6-5-7-10-27)39(23-28-15-17-29(36)18-16-28)34(41)24-40(32-12-8-11-31(37)26(32)3)45(43,44)30-19-13-25(2)14-20-30/h5-20,33H,4,21-24H2,1-3H3,(H,38,42)/t33-/m1/s1. The molecule has 4 rings (SSSR count). The Morgan fingerprint density at radius 3 is 2.13 bits per heavy atom. The molecular formula is C35H37Cl2N3O4S. The first-order valence-corrected chi connectivity index (χ1v) is 16.9. The number of amides is 2. The molecule has 0 spiro atoms. The fourth-order valence-corrected chi connectivity index (χ4v) is 6.69. The summed E-state index contributed by atoms with van der Waals surface area (Å²) >= 11 is 12.6. The Hall–Kier alpha value is -3.85. The van der Waals surface area contributed by atoms with E-state index in [1.54, 1.807) is 61.5 Å². The fourth-order valence-electron chi connectivity index (χ4n) is 4.92. The van der Waals surface area contributed by atoms with E-state index in [2.05, 4.69) is 5.32 Å². The highest BCUT2D eigenvalue weighted by molar-refractivity contribution is 7.92. The lowest BCUT2D eigenvalue weighted by molar-refractivity contribution is -0.140. The molecular weight excluding hydrogens is 629 g/mol. The van der Waals surface area contributed by atoms with Gasteiger partial charge in [0.05, 0.1) is 10.6 Å².